The number of aliphatic hydroxyl groups is 1. The zero-order chi connectivity index (χ0) is 12.4. The fourth-order valence-corrected chi connectivity index (χ4v) is 1.76. The third-order valence-corrected chi connectivity index (χ3v) is 2.96. The van der Waals surface area contributed by atoms with Gasteiger partial charge in [-0.3, -0.25) is 0 Å². The largest absolute Gasteiger partial charge is 0.394 e. The first-order chi connectivity index (χ1) is 7.48. The topological polar surface area (TPSA) is 84.9 Å². The molecule has 0 saturated carbocycles. The van der Waals surface area contributed by atoms with Crippen LogP contribution in [0, 0.1) is 0 Å². The molecule has 0 aliphatic rings. The second-order valence-corrected chi connectivity index (χ2v) is 5.40. The first kappa shape index (κ1) is 15.8. The maximum atomic E-state index is 11.3. The second-order valence-electron chi connectivity index (χ2n) is 3.47. The molecule has 0 heterocycles. The number of nitrogens with one attached hydrogen (secondary N) is 1. The molecule has 0 unspecified atom stereocenters. The molecule has 0 aliphatic carbocycles. The number of ether oxygens (including phenoxy) is 2. The van der Waals surface area contributed by atoms with Crippen molar-refractivity contribution in [2.45, 2.75) is 20.0 Å². The summed E-state index contributed by atoms with van der Waals surface area (Å²) < 4.78 is 35.1. The van der Waals surface area contributed by atoms with Gasteiger partial charge in [-0.1, -0.05) is 0 Å². The van der Waals surface area contributed by atoms with Crippen LogP contribution in [0.1, 0.15) is 13.8 Å². The number of rotatable bonds is 10. The summed E-state index contributed by atoms with van der Waals surface area (Å²) in [6.45, 7) is 4.51. The molecule has 98 valence electrons. The Morgan fingerprint density at radius 1 is 1.25 bits per heavy atom. The lowest BCUT2D eigenvalue weighted by atomic mass is 10.5. The van der Waals surface area contributed by atoms with Crippen LogP contribution in [-0.4, -0.2) is 58.4 Å². The smallest absolute Gasteiger partial charge is 0.213 e. The van der Waals surface area contributed by atoms with Crippen LogP contribution < -0.4 is 4.72 Å². The molecule has 0 atom stereocenters. The third-order valence-electron chi connectivity index (χ3n) is 1.61. The van der Waals surface area contributed by atoms with E-state index in [0.29, 0.717) is 0 Å². The average molecular weight is 255 g/mol. The van der Waals surface area contributed by atoms with Gasteiger partial charge in [0, 0.05) is 6.54 Å². The molecule has 0 saturated heterocycles. The van der Waals surface area contributed by atoms with Crippen LogP contribution in [0.5, 0.6) is 0 Å². The summed E-state index contributed by atoms with van der Waals surface area (Å²) in [5.74, 6) is -0.0504. The van der Waals surface area contributed by atoms with Crippen molar-refractivity contribution in [1.29, 1.82) is 0 Å². The molecule has 0 aliphatic heterocycles. The number of sulfonamides is 1. The molecule has 2 N–H and O–H groups in total. The van der Waals surface area contributed by atoms with E-state index in [1.807, 2.05) is 13.8 Å². The SMILES string of the molecule is CC(C)OCCS(=O)(=O)NCCOCCO. The van der Waals surface area contributed by atoms with E-state index in [-0.39, 0.29) is 44.8 Å². The Bertz CT molecular complexity index is 253. The van der Waals surface area contributed by atoms with E-state index in [4.69, 9.17) is 14.6 Å². The van der Waals surface area contributed by atoms with Crippen molar-refractivity contribution in [3.05, 3.63) is 0 Å². The standard InChI is InChI=1S/C9H21NO5S/c1-9(2)15-7-8-16(12,13)10-3-5-14-6-4-11/h9-11H,3-8H2,1-2H3. The van der Waals surface area contributed by atoms with Crippen LogP contribution >= 0.6 is 0 Å². The molecule has 7 heteroatoms. The maximum Gasteiger partial charge on any atom is 0.213 e. The summed E-state index contributed by atoms with van der Waals surface area (Å²) >= 11 is 0. The Morgan fingerprint density at radius 2 is 1.94 bits per heavy atom. The van der Waals surface area contributed by atoms with Crippen LogP contribution in [0.3, 0.4) is 0 Å². The Kier molecular flexibility index (Phi) is 8.77. The Hall–Kier alpha value is -0.210. The molecule has 0 aromatic carbocycles. The third kappa shape index (κ3) is 10.3. The van der Waals surface area contributed by atoms with Gasteiger partial charge >= 0.3 is 0 Å². The van der Waals surface area contributed by atoms with Gasteiger partial charge in [-0.2, -0.15) is 0 Å². The van der Waals surface area contributed by atoms with Gasteiger partial charge in [-0.25, -0.2) is 13.1 Å². The quantitative estimate of drug-likeness (QED) is 0.506. The molecule has 0 aromatic heterocycles. The van der Waals surface area contributed by atoms with E-state index in [2.05, 4.69) is 4.72 Å². The summed E-state index contributed by atoms with van der Waals surface area (Å²) in [7, 11) is -3.28. The van der Waals surface area contributed by atoms with E-state index >= 15 is 0 Å². The van der Waals surface area contributed by atoms with E-state index < -0.39 is 10.0 Å². The zero-order valence-corrected chi connectivity index (χ0v) is 10.6. The lowest BCUT2D eigenvalue weighted by Crippen LogP contribution is -2.31. The Labute approximate surface area is 97.0 Å². The van der Waals surface area contributed by atoms with Gasteiger partial charge in [0.2, 0.25) is 10.0 Å². The van der Waals surface area contributed by atoms with Gasteiger partial charge in [-0.15, -0.1) is 0 Å². The van der Waals surface area contributed by atoms with Gasteiger partial charge in [-0.05, 0) is 13.8 Å². The second kappa shape index (κ2) is 8.89. The van der Waals surface area contributed by atoms with E-state index in [1.165, 1.54) is 0 Å². The highest BCUT2D eigenvalue weighted by atomic mass is 32.2. The average Bonchev–Trinajstić information content (AvgIpc) is 2.16. The van der Waals surface area contributed by atoms with Gasteiger partial charge in [0.25, 0.3) is 0 Å². The first-order valence-electron chi connectivity index (χ1n) is 5.25. The fraction of sp³-hybridized carbons (Fsp3) is 1.00. The highest BCUT2D eigenvalue weighted by Crippen LogP contribution is 1.90. The molecule has 0 amide bonds. The van der Waals surface area contributed by atoms with Gasteiger partial charge in [0.15, 0.2) is 0 Å². The van der Waals surface area contributed by atoms with Gasteiger partial charge in [0.1, 0.15) is 0 Å². The highest BCUT2D eigenvalue weighted by Gasteiger charge is 2.09. The molecule has 0 bridgehead atoms. The summed E-state index contributed by atoms with van der Waals surface area (Å²) in [4.78, 5) is 0. The summed E-state index contributed by atoms with van der Waals surface area (Å²) in [5, 5.41) is 8.41. The van der Waals surface area contributed by atoms with Crippen molar-refractivity contribution in [3.8, 4) is 0 Å². The molecule has 0 aromatic rings. The molecule has 0 fully saturated rings. The van der Waals surface area contributed by atoms with Crippen molar-refractivity contribution in [1.82, 2.24) is 4.72 Å². The fourth-order valence-electron chi connectivity index (χ4n) is 0.902. The lowest BCUT2D eigenvalue weighted by molar-refractivity contribution is 0.0905. The minimum atomic E-state index is -3.28. The summed E-state index contributed by atoms with van der Waals surface area (Å²) in [6.07, 6.45) is 0.0306. The number of hydrogen-bond donors (Lipinski definition) is 2. The van der Waals surface area contributed by atoms with Gasteiger partial charge < -0.3 is 14.6 Å². The molecule has 0 spiro atoms. The normalized spacial score (nSPS) is 12.2. The van der Waals surface area contributed by atoms with Crippen LogP contribution in [0.25, 0.3) is 0 Å². The highest BCUT2D eigenvalue weighted by molar-refractivity contribution is 7.89. The molecular formula is C9H21NO5S. The molecular weight excluding hydrogens is 234 g/mol. The van der Waals surface area contributed by atoms with Crippen molar-refractivity contribution in [3.63, 3.8) is 0 Å². The molecule has 0 radical (unpaired) electrons. The summed E-state index contributed by atoms with van der Waals surface area (Å²) in [6, 6.07) is 0. The van der Waals surface area contributed by atoms with Crippen LogP contribution in [0.4, 0.5) is 0 Å². The van der Waals surface area contributed by atoms with Crippen LogP contribution in [0.2, 0.25) is 0 Å². The summed E-state index contributed by atoms with van der Waals surface area (Å²) in [5.41, 5.74) is 0. The van der Waals surface area contributed by atoms with Crippen molar-refractivity contribution in [2.75, 3.05) is 38.7 Å². The maximum absolute atomic E-state index is 11.3. The number of hydrogen-bond acceptors (Lipinski definition) is 5. The zero-order valence-electron chi connectivity index (χ0n) is 9.81. The predicted molar refractivity (Wildman–Crippen MR) is 60.8 cm³/mol. The van der Waals surface area contributed by atoms with Crippen LogP contribution in [0.15, 0.2) is 0 Å². The van der Waals surface area contributed by atoms with Crippen molar-refractivity contribution < 1.29 is 23.0 Å². The minimum absolute atomic E-state index is 0.0306. The molecule has 0 rings (SSSR count). The Morgan fingerprint density at radius 3 is 2.50 bits per heavy atom. The van der Waals surface area contributed by atoms with E-state index in [0.717, 1.165) is 0 Å². The number of aliphatic hydroxyl groups excluding tert-OH is 1. The van der Waals surface area contributed by atoms with E-state index in [1.54, 1.807) is 0 Å². The van der Waals surface area contributed by atoms with Crippen LogP contribution in [-0.2, 0) is 19.5 Å². The Balaban J connectivity index is 3.55. The van der Waals surface area contributed by atoms with E-state index in [9.17, 15) is 8.42 Å². The minimum Gasteiger partial charge on any atom is -0.394 e. The predicted octanol–water partition coefficient (Wildman–Crippen LogP) is -0.660. The van der Waals surface area contributed by atoms with Crippen molar-refractivity contribution >= 4 is 10.0 Å². The lowest BCUT2D eigenvalue weighted by Gasteiger charge is -2.09. The van der Waals surface area contributed by atoms with Gasteiger partial charge in [0.05, 0.1) is 38.3 Å². The monoisotopic (exact) mass is 255 g/mol. The first-order valence-corrected chi connectivity index (χ1v) is 6.90. The molecule has 16 heavy (non-hydrogen) atoms. The van der Waals surface area contributed by atoms with Crippen molar-refractivity contribution in [2.24, 2.45) is 0 Å². The molecule has 6 nitrogen and oxygen atoms in total.